The third kappa shape index (κ3) is 2.05. The van der Waals surface area contributed by atoms with E-state index in [4.69, 9.17) is 0 Å². The lowest BCUT2D eigenvalue weighted by Crippen LogP contribution is -2.10. The van der Waals surface area contributed by atoms with Crippen molar-refractivity contribution in [3.63, 3.8) is 0 Å². The highest BCUT2D eigenvalue weighted by atomic mass is 16.5. The molecule has 3 heteroatoms. The van der Waals surface area contributed by atoms with Crippen molar-refractivity contribution in [2.75, 3.05) is 20.2 Å². The molecule has 0 bridgehead atoms. The third-order valence-electron chi connectivity index (χ3n) is 1.92. The van der Waals surface area contributed by atoms with Crippen molar-refractivity contribution in [1.29, 1.82) is 0 Å². The highest BCUT2D eigenvalue weighted by Crippen LogP contribution is 2.12. The summed E-state index contributed by atoms with van der Waals surface area (Å²) in [7, 11) is 1.42. The fourth-order valence-electron chi connectivity index (χ4n) is 1.14. The van der Waals surface area contributed by atoms with Gasteiger partial charge in [-0.15, -0.1) is 0 Å². The van der Waals surface area contributed by atoms with Gasteiger partial charge in [-0.1, -0.05) is 5.57 Å². The predicted molar refractivity (Wildman–Crippen MR) is 42.2 cm³/mol. The minimum atomic E-state index is -0.150. The van der Waals surface area contributed by atoms with E-state index in [-0.39, 0.29) is 5.97 Å². The molecule has 0 aliphatic carbocycles. The number of carbonyl (C=O) groups excluding carboxylic acids is 1. The molecule has 0 aromatic carbocycles. The zero-order valence-electron chi connectivity index (χ0n) is 6.94. The predicted octanol–water partition coefficient (Wildman–Crippen LogP) is 0.469. The largest absolute Gasteiger partial charge is 0.469 e. The van der Waals surface area contributed by atoms with Crippen LogP contribution in [0.4, 0.5) is 0 Å². The maximum atomic E-state index is 10.8. The normalized spacial score (nSPS) is 17.3. The van der Waals surface area contributed by atoms with Crippen LogP contribution in [0.3, 0.4) is 0 Å². The first-order valence-corrected chi connectivity index (χ1v) is 3.69. The number of ether oxygens (including phenoxy) is 1. The van der Waals surface area contributed by atoms with E-state index in [9.17, 15) is 4.79 Å². The molecule has 0 saturated heterocycles. The van der Waals surface area contributed by atoms with Crippen LogP contribution in [-0.2, 0) is 9.53 Å². The summed E-state index contributed by atoms with van der Waals surface area (Å²) in [6.45, 7) is 3.78. The zero-order valence-corrected chi connectivity index (χ0v) is 6.94. The molecule has 11 heavy (non-hydrogen) atoms. The lowest BCUT2D eigenvalue weighted by Gasteiger charge is -2.00. The van der Waals surface area contributed by atoms with Crippen molar-refractivity contribution in [3.8, 4) is 0 Å². The van der Waals surface area contributed by atoms with E-state index in [2.05, 4.69) is 10.1 Å². The summed E-state index contributed by atoms with van der Waals surface area (Å²) in [5.74, 6) is -0.150. The number of hydrogen-bond donors (Lipinski definition) is 1. The maximum Gasteiger partial charge on any atom is 0.309 e. The smallest absolute Gasteiger partial charge is 0.309 e. The summed E-state index contributed by atoms with van der Waals surface area (Å²) >= 11 is 0. The first-order valence-electron chi connectivity index (χ1n) is 3.69. The first-order chi connectivity index (χ1) is 5.24. The molecule has 0 unspecified atom stereocenters. The minimum absolute atomic E-state index is 0.150. The second-order valence-corrected chi connectivity index (χ2v) is 2.74. The molecule has 0 radical (unpaired) electrons. The van der Waals surface area contributed by atoms with Gasteiger partial charge < -0.3 is 10.1 Å². The van der Waals surface area contributed by atoms with E-state index >= 15 is 0 Å². The van der Waals surface area contributed by atoms with E-state index in [1.807, 2.05) is 6.92 Å². The van der Waals surface area contributed by atoms with Crippen LogP contribution in [0, 0.1) is 0 Å². The summed E-state index contributed by atoms with van der Waals surface area (Å²) < 4.78 is 4.56. The number of carbonyl (C=O) groups is 1. The van der Waals surface area contributed by atoms with Crippen molar-refractivity contribution in [1.82, 2.24) is 5.32 Å². The monoisotopic (exact) mass is 155 g/mol. The molecule has 3 nitrogen and oxygen atoms in total. The molecular formula is C8H13NO2. The molecule has 0 fully saturated rings. The molecule has 0 aromatic rings. The van der Waals surface area contributed by atoms with Gasteiger partial charge in [-0.2, -0.15) is 0 Å². The third-order valence-corrected chi connectivity index (χ3v) is 1.92. The van der Waals surface area contributed by atoms with Crippen molar-refractivity contribution in [2.24, 2.45) is 0 Å². The van der Waals surface area contributed by atoms with Crippen LogP contribution in [0.5, 0.6) is 0 Å². The molecule has 0 amide bonds. The van der Waals surface area contributed by atoms with E-state index in [0.717, 1.165) is 13.1 Å². The van der Waals surface area contributed by atoms with Crippen LogP contribution in [0.25, 0.3) is 0 Å². The standard InChI is InChI=1S/C8H13NO2/c1-6-4-9-5-7(6)3-8(10)11-2/h9H,3-5H2,1-2H3. The van der Waals surface area contributed by atoms with Crippen molar-refractivity contribution >= 4 is 5.97 Å². The zero-order chi connectivity index (χ0) is 8.27. The molecule has 1 aliphatic heterocycles. The number of rotatable bonds is 2. The molecule has 0 aromatic heterocycles. The maximum absolute atomic E-state index is 10.8. The second-order valence-electron chi connectivity index (χ2n) is 2.74. The van der Waals surface area contributed by atoms with Gasteiger partial charge >= 0.3 is 5.97 Å². The van der Waals surface area contributed by atoms with Crippen molar-refractivity contribution < 1.29 is 9.53 Å². The molecule has 1 heterocycles. The van der Waals surface area contributed by atoms with Gasteiger partial charge in [0.05, 0.1) is 13.5 Å². The summed E-state index contributed by atoms with van der Waals surface area (Å²) in [5, 5.41) is 3.17. The van der Waals surface area contributed by atoms with Gasteiger partial charge in [0.25, 0.3) is 0 Å². The van der Waals surface area contributed by atoms with Gasteiger partial charge in [0.15, 0.2) is 0 Å². The summed E-state index contributed by atoms with van der Waals surface area (Å²) in [4.78, 5) is 10.8. The Morgan fingerprint density at radius 3 is 2.82 bits per heavy atom. The van der Waals surface area contributed by atoms with Crippen LogP contribution >= 0.6 is 0 Å². The highest BCUT2D eigenvalue weighted by molar-refractivity contribution is 5.72. The topological polar surface area (TPSA) is 38.3 Å². The molecule has 1 aliphatic rings. The van der Waals surface area contributed by atoms with E-state index < -0.39 is 0 Å². The Hall–Kier alpha value is -0.830. The quantitative estimate of drug-likeness (QED) is 0.465. The van der Waals surface area contributed by atoms with Gasteiger partial charge in [-0.25, -0.2) is 0 Å². The van der Waals surface area contributed by atoms with E-state index in [1.165, 1.54) is 18.3 Å². The van der Waals surface area contributed by atoms with Crippen LogP contribution in [-0.4, -0.2) is 26.2 Å². The average molecular weight is 155 g/mol. The van der Waals surface area contributed by atoms with Crippen LogP contribution in [0.2, 0.25) is 0 Å². The summed E-state index contributed by atoms with van der Waals surface area (Å²) in [6, 6.07) is 0. The van der Waals surface area contributed by atoms with Gasteiger partial charge in [0.2, 0.25) is 0 Å². The Morgan fingerprint density at radius 2 is 2.36 bits per heavy atom. The SMILES string of the molecule is COC(=O)CC1=C(C)CNC1. The van der Waals surface area contributed by atoms with Gasteiger partial charge in [-0.05, 0) is 12.5 Å². The number of esters is 1. The van der Waals surface area contributed by atoms with Crippen molar-refractivity contribution in [3.05, 3.63) is 11.1 Å². The number of hydrogen-bond acceptors (Lipinski definition) is 3. The van der Waals surface area contributed by atoms with Crippen LogP contribution < -0.4 is 5.32 Å². The highest BCUT2D eigenvalue weighted by Gasteiger charge is 2.13. The number of methoxy groups -OCH3 is 1. The Kier molecular flexibility index (Phi) is 2.65. The fraction of sp³-hybridized carbons (Fsp3) is 0.625. The fourth-order valence-corrected chi connectivity index (χ4v) is 1.14. The summed E-state index contributed by atoms with van der Waals surface area (Å²) in [5.41, 5.74) is 2.45. The van der Waals surface area contributed by atoms with E-state index in [0.29, 0.717) is 6.42 Å². The minimum Gasteiger partial charge on any atom is -0.469 e. The average Bonchev–Trinajstić information content (AvgIpc) is 2.37. The number of nitrogens with one attached hydrogen (secondary N) is 1. The van der Waals surface area contributed by atoms with Gasteiger partial charge in [0.1, 0.15) is 0 Å². The molecule has 0 spiro atoms. The molecular weight excluding hydrogens is 142 g/mol. The van der Waals surface area contributed by atoms with Crippen molar-refractivity contribution in [2.45, 2.75) is 13.3 Å². The van der Waals surface area contributed by atoms with Crippen LogP contribution in [0.15, 0.2) is 11.1 Å². The van der Waals surface area contributed by atoms with Gasteiger partial charge in [0, 0.05) is 13.1 Å². The van der Waals surface area contributed by atoms with Crippen LogP contribution in [0.1, 0.15) is 13.3 Å². The Labute approximate surface area is 66.4 Å². The Morgan fingerprint density at radius 1 is 1.64 bits per heavy atom. The molecule has 1 rings (SSSR count). The Balaban J connectivity index is 2.48. The lowest BCUT2D eigenvalue weighted by molar-refractivity contribution is -0.139. The molecule has 0 atom stereocenters. The lowest BCUT2D eigenvalue weighted by atomic mass is 10.1. The van der Waals surface area contributed by atoms with E-state index in [1.54, 1.807) is 0 Å². The first kappa shape index (κ1) is 8.27. The van der Waals surface area contributed by atoms with Gasteiger partial charge in [-0.3, -0.25) is 4.79 Å². The Bertz CT molecular complexity index is 196. The molecule has 1 N–H and O–H groups in total. The molecule has 0 saturated carbocycles. The second kappa shape index (κ2) is 3.53. The summed E-state index contributed by atoms with van der Waals surface area (Å²) in [6.07, 6.45) is 0.440. The molecule has 62 valence electrons.